The van der Waals surface area contributed by atoms with E-state index in [1.54, 1.807) is 16.8 Å². The highest BCUT2D eigenvalue weighted by Gasteiger charge is 2.14. The molecule has 0 amide bonds. The van der Waals surface area contributed by atoms with Crippen LogP contribution in [0.1, 0.15) is 19.4 Å². The average Bonchev–Trinajstić information content (AvgIpc) is 3.20. The zero-order chi connectivity index (χ0) is 22.5. The second-order valence-electron chi connectivity index (χ2n) is 7.80. The van der Waals surface area contributed by atoms with Crippen LogP contribution in [0.3, 0.4) is 0 Å². The van der Waals surface area contributed by atoms with Crippen LogP contribution in [0.5, 0.6) is 0 Å². The zero-order valence-corrected chi connectivity index (χ0v) is 19.2. The van der Waals surface area contributed by atoms with Crippen LogP contribution in [-0.4, -0.2) is 43.2 Å². The van der Waals surface area contributed by atoms with Crippen molar-refractivity contribution in [2.45, 2.75) is 13.8 Å². The monoisotopic (exact) mass is 450 g/mol. The SMILES string of the molecule is C=C(C)CN=c1scc(-c2ccccc2F)n1/N=C(/C)c1ccc(N2CCOCC2)cc1. The standard InChI is InChI=1S/C25H27FN4OS/c1-18(2)16-27-25-30(24(17-32-25)22-6-4-5-7-23(22)26)28-19(3)20-8-10-21(11-9-20)29-12-14-31-15-13-29/h4-11,17H,1,12-16H2,2-3H3/b27-25?,28-19-. The number of thiazole rings is 1. The fourth-order valence-electron chi connectivity index (χ4n) is 3.50. The average molecular weight is 451 g/mol. The van der Waals surface area contributed by atoms with Crippen LogP contribution in [-0.2, 0) is 4.74 Å². The molecule has 7 heteroatoms. The number of ether oxygens (including phenoxy) is 1. The summed E-state index contributed by atoms with van der Waals surface area (Å²) in [7, 11) is 0. The van der Waals surface area contributed by atoms with Gasteiger partial charge in [0.1, 0.15) is 5.82 Å². The van der Waals surface area contributed by atoms with E-state index in [1.165, 1.54) is 23.1 Å². The summed E-state index contributed by atoms with van der Waals surface area (Å²) in [4.78, 5) is 7.66. The number of nitrogens with zero attached hydrogens (tertiary/aromatic N) is 4. The summed E-state index contributed by atoms with van der Waals surface area (Å²) in [5.41, 5.74) is 5.14. The van der Waals surface area contributed by atoms with Gasteiger partial charge in [0.05, 0.1) is 31.2 Å². The number of halogens is 1. The molecule has 1 aliphatic rings. The number of hydrogen-bond donors (Lipinski definition) is 0. The van der Waals surface area contributed by atoms with Gasteiger partial charge in [-0.2, -0.15) is 5.10 Å². The predicted molar refractivity (Wildman–Crippen MR) is 130 cm³/mol. The van der Waals surface area contributed by atoms with Crippen LogP contribution in [0.15, 0.2) is 76.2 Å². The van der Waals surface area contributed by atoms with Crippen molar-refractivity contribution in [3.05, 3.63) is 82.2 Å². The Bertz CT molecular complexity index is 1190. The lowest BCUT2D eigenvalue weighted by Gasteiger charge is -2.28. The molecule has 0 N–H and O–H groups in total. The zero-order valence-electron chi connectivity index (χ0n) is 18.4. The van der Waals surface area contributed by atoms with Crippen LogP contribution in [0.4, 0.5) is 10.1 Å². The second-order valence-corrected chi connectivity index (χ2v) is 8.64. The molecule has 0 aliphatic carbocycles. The highest BCUT2D eigenvalue weighted by Crippen LogP contribution is 2.24. The molecule has 4 rings (SSSR count). The molecule has 0 spiro atoms. The van der Waals surface area contributed by atoms with E-state index in [0.29, 0.717) is 22.6 Å². The quantitative estimate of drug-likeness (QED) is 0.394. The van der Waals surface area contributed by atoms with Crippen molar-refractivity contribution in [3.63, 3.8) is 0 Å². The van der Waals surface area contributed by atoms with Gasteiger partial charge in [0.2, 0.25) is 4.80 Å². The minimum absolute atomic E-state index is 0.284. The molecule has 0 saturated carbocycles. The molecule has 2 heterocycles. The molecule has 1 fully saturated rings. The van der Waals surface area contributed by atoms with Crippen molar-refractivity contribution >= 4 is 22.7 Å². The maximum atomic E-state index is 14.5. The van der Waals surface area contributed by atoms with E-state index < -0.39 is 0 Å². The molecule has 5 nitrogen and oxygen atoms in total. The summed E-state index contributed by atoms with van der Waals surface area (Å²) in [6, 6.07) is 15.1. The lowest BCUT2D eigenvalue weighted by Crippen LogP contribution is -2.36. The minimum Gasteiger partial charge on any atom is -0.378 e. The minimum atomic E-state index is -0.284. The third-order valence-electron chi connectivity index (χ3n) is 5.23. The number of rotatable bonds is 6. The van der Waals surface area contributed by atoms with E-state index in [1.807, 2.05) is 25.3 Å². The first-order valence-electron chi connectivity index (χ1n) is 10.6. The molecule has 0 unspecified atom stereocenters. The van der Waals surface area contributed by atoms with E-state index in [4.69, 9.17) is 9.84 Å². The van der Waals surface area contributed by atoms with Crippen molar-refractivity contribution in [2.24, 2.45) is 10.1 Å². The predicted octanol–water partition coefficient (Wildman–Crippen LogP) is 4.94. The van der Waals surface area contributed by atoms with Crippen molar-refractivity contribution < 1.29 is 9.13 Å². The van der Waals surface area contributed by atoms with Crippen molar-refractivity contribution in [2.75, 3.05) is 37.7 Å². The van der Waals surface area contributed by atoms with Crippen molar-refractivity contribution in [1.29, 1.82) is 0 Å². The summed E-state index contributed by atoms with van der Waals surface area (Å²) in [5, 5.41) is 6.74. The fourth-order valence-corrected chi connectivity index (χ4v) is 4.33. The van der Waals surface area contributed by atoms with Gasteiger partial charge in [-0.25, -0.2) is 9.07 Å². The number of aromatic nitrogens is 1. The Labute approximate surface area is 191 Å². The number of anilines is 1. The fraction of sp³-hybridized carbons (Fsp3) is 0.280. The molecular weight excluding hydrogens is 423 g/mol. The molecule has 3 aromatic rings. The summed E-state index contributed by atoms with van der Waals surface area (Å²) in [6.45, 7) is 11.6. The Morgan fingerprint density at radius 3 is 2.50 bits per heavy atom. The second kappa shape index (κ2) is 10.1. The molecule has 166 valence electrons. The smallest absolute Gasteiger partial charge is 0.206 e. The molecule has 32 heavy (non-hydrogen) atoms. The van der Waals surface area contributed by atoms with Gasteiger partial charge in [0, 0.05) is 29.7 Å². The van der Waals surface area contributed by atoms with E-state index in [2.05, 4.69) is 40.7 Å². The van der Waals surface area contributed by atoms with E-state index in [9.17, 15) is 4.39 Å². The Morgan fingerprint density at radius 2 is 1.81 bits per heavy atom. The van der Waals surface area contributed by atoms with Gasteiger partial charge in [-0.3, -0.25) is 4.99 Å². The topological polar surface area (TPSA) is 42.1 Å². The van der Waals surface area contributed by atoms with Gasteiger partial charge in [-0.1, -0.05) is 36.4 Å². The highest BCUT2D eigenvalue weighted by atomic mass is 32.1. The van der Waals surface area contributed by atoms with Crippen LogP contribution < -0.4 is 9.70 Å². The first-order chi connectivity index (χ1) is 15.5. The Balaban J connectivity index is 1.71. The molecule has 0 radical (unpaired) electrons. The summed E-state index contributed by atoms with van der Waals surface area (Å²) in [5.74, 6) is -0.284. The molecule has 1 aromatic heterocycles. The number of benzene rings is 2. The van der Waals surface area contributed by atoms with Gasteiger partial charge in [0.25, 0.3) is 0 Å². The molecule has 1 aliphatic heterocycles. The van der Waals surface area contributed by atoms with Gasteiger partial charge >= 0.3 is 0 Å². The van der Waals surface area contributed by atoms with Crippen molar-refractivity contribution in [1.82, 2.24) is 4.68 Å². The maximum Gasteiger partial charge on any atom is 0.206 e. The third-order valence-corrected chi connectivity index (χ3v) is 6.08. The normalized spacial score (nSPS) is 15.3. The number of hydrogen-bond acceptors (Lipinski definition) is 5. The molecular formula is C25H27FN4OS. The lowest BCUT2D eigenvalue weighted by molar-refractivity contribution is 0.122. The van der Waals surface area contributed by atoms with Gasteiger partial charge in [-0.05, 0) is 43.7 Å². The van der Waals surface area contributed by atoms with E-state index in [-0.39, 0.29) is 5.82 Å². The van der Waals surface area contributed by atoms with Gasteiger partial charge < -0.3 is 9.64 Å². The van der Waals surface area contributed by atoms with E-state index in [0.717, 1.165) is 43.2 Å². The van der Waals surface area contributed by atoms with Crippen LogP contribution >= 0.6 is 11.3 Å². The Morgan fingerprint density at radius 1 is 1.09 bits per heavy atom. The largest absolute Gasteiger partial charge is 0.378 e. The lowest BCUT2D eigenvalue weighted by atomic mass is 10.1. The first kappa shape index (κ1) is 22.2. The summed E-state index contributed by atoms with van der Waals surface area (Å²) in [6.07, 6.45) is 0. The third kappa shape index (κ3) is 5.06. The van der Waals surface area contributed by atoms with Crippen molar-refractivity contribution in [3.8, 4) is 11.3 Å². The Hall–Kier alpha value is -3.03. The maximum absolute atomic E-state index is 14.5. The highest BCUT2D eigenvalue weighted by molar-refractivity contribution is 7.07. The van der Waals surface area contributed by atoms with Crippen LogP contribution in [0, 0.1) is 5.82 Å². The van der Waals surface area contributed by atoms with E-state index >= 15 is 0 Å². The Kier molecular flexibility index (Phi) is 6.97. The van der Waals surface area contributed by atoms with Gasteiger partial charge in [-0.15, -0.1) is 11.3 Å². The van der Waals surface area contributed by atoms with Crippen LogP contribution in [0.2, 0.25) is 0 Å². The summed E-state index contributed by atoms with van der Waals surface area (Å²) < 4.78 is 21.7. The molecule has 1 saturated heterocycles. The number of morpholine rings is 1. The first-order valence-corrected chi connectivity index (χ1v) is 11.5. The van der Waals surface area contributed by atoms with Crippen LogP contribution in [0.25, 0.3) is 11.3 Å². The molecule has 0 atom stereocenters. The summed E-state index contributed by atoms with van der Waals surface area (Å²) >= 11 is 1.44. The van der Waals surface area contributed by atoms with Gasteiger partial charge in [0.15, 0.2) is 0 Å². The molecule has 2 aromatic carbocycles. The molecule has 0 bridgehead atoms.